The number of aryl methyl sites for hydroxylation is 1. The summed E-state index contributed by atoms with van der Waals surface area (Å²) in [7, 11) is -3.66. The molecule has 0 amide bonds. The predicted molar refractivity (Wildman–Crippen MR) is 113 cm³/mol. The lowest BCUT2D eigenvalue weighted by Gasteiger charge is -2.09. The fourth-order valence-corrected chi connectivity index (χ4v) is 3.50. The smallest absolute Gasteiger partial charge is 0.270 e. The van der Waals surface area contributed by atoms with Crippen molar-refractivity contribution >= 4 is 33.3 Å². The van der Waals surface area contributed by atoms with Crippen LogP contribution in [0.15, 0.2) is 82.8 Å². The molecule has 0 fully saturated rings. The van der Waals surface area contributed by atoms with Crippen LogP contribution in [0, 0.1) is 17.0 Å². The molecule has 29 heavy (non-hydrogen) atoms. The Kier molecular flexibility index (Phi) is 5.89. The van der Waals surface area contributed by atoms with Crippen LogP contribution in [-0.4, -0.2) is 19.6 Å². The zero-order valence-electron chi connectivity index (χ0n) is 15.4. The van der Waals surface area contributed by atoms with Crippen molar-refractivity contribution in [2.24, 2.45) is 5.10 Å². The standard InChI is InChI=1S/C20H18N4O4S/c1-15-5-11-20(12-6-15)29(27,28)23-18-9-7-17(8-10-18)22-21-14-16-3-2-4-19(13-16)24(25)26/h2-14,22-23H,1H3/b21-14+. The SMILES string of the molecule is Cc1ccc(S(=O)(=O)Nc2ccc(N/N=C/c3cccc([N+](=O)[O-])c3)cc2)cc1. The maximum Gasteiger partial charge on any atom is 0.270 e. The van der Waals surface area contributed by atoms with Crippen molar-refractivity contribution in [2.75, 3.05) is 10.1 Å². The molecule has 0 saturated heterocycles. The summed E-state index contributed by atoms with van der Waals surface area (Å²) in [5.74, 6) is 0. The van der Waals surface area contributed by atoms with E-state index in [0.29, 0.717) is 16.9 Å². The number of sulfonamides is 1. The zero-order valence-corrected chi connectivity index (χ0v) is 16.3. The summed E-state index contributed by atoms with van der Waals surface area (Å²) < 4.78 is 27.3. The summed E-state index contributed by atoms with van der Waals surface area (Å²) in [6, 6.07) is 19.2. The molecule has 9 heteroatoms. The molecular weight excluding hydrogens is 392 g/mol. The van der Waals surface area contributed by atoms with E-state index in [4.69, 9.17) is 0 Å². The number of hydrazone groups is 1. The molecule has 0 bridgehead atoms. The molecular formula is C20H18N4O4S. The molecule has 3 rings (SSSR count). The molecule has 0 unspecified atom stereocenters. The van der Waals surface area contributed by atoms with E-state index in [2.05, 4.69) is 15.2 Å². The van der Waals surface area contributed by atoms with Gasteiger partial charge in [-0.15, -0.1) is 0 Å². The third kappa shape index (κ3) is 5.39. The normalized spacial score (nSPS) is 11.3. The zero-order chi connectivity index (χ0) is 20.9. The highest BCUT2D eigenvalue weighted by atomic mass is 32.2. The third-order valence-electron chi connectivity index (χ3n) is 3.96. The lowest BCUT2D eigenvalue weighted by atomic mass is 10.2. The Morgan fingerprint density at radius 1 is 0.966 bits per heavy atom. The maximum atomic E-state index is 12.4. The van der Waals surface area contributed by atoms with Crippen molar-refractivity contribution in [1.82, 2.24) is 0 Å². The first kappa shape index (κ1) is 20.0. The minimum absolute atomic E-state index is 0.0147. The van der Waals surface area contributed by atoms with Gasteiger partial charge in [0.25, 0.3) is 15.7 Å². The van der Waals surface area contributed by atoms with Crippen molar-refractivity contribution in [1.29, 1.82) is 0 Å². The second-order valence-electron chi connectivity index (χ2n) is 6.22. The van der Waals surface area contributed by atoms with Crippen LogP contribution in [-0.2, 0) is 10.0 Å². The number of nitrogens with one attached hydrogen (secondary N) is 2. The number of hydrogen-bond acceptors (Lipinski definition) is 6. The third-order valence-corrected chi connectivity index (χ3v) is 5.35. The lowest BCUT2D eigenvalue weighted by molar-refractivity contribution is -0.384. The van der Waals surface area contributed by atoms with Gasteiger partial charge < -0.3 is 0 Å². The summed E-state index contributed by atoms with van der Waals surface area (Å²) in [5, 5.41) is 14.8. The first-order valence-corrected chi connectivity index (χ1v) is 10.0. The van der Waals surface area contributed by atoms with Crippen LogP contribution in [0.5, 0.6) is 0 Å². The van der Waals surface area contributed by atoms with Gasteiger partial charge >= 0.3 is 0 Å². The van der Waals surface area contributed by atoms with Gasteiger partial charge in [-0.05, 0) is 43.3 Å². The predicted octanol–water partition coefficient (Wildman–Crippen LogP) is 4.15. The largest absolute Gasteiger partial charge is 0.280 e. The fourth-order valence-electron chi connectivity index (χ4n) is 2.44. The van der Waals surface area contributed by atoms with Crippen LogP contribution in [0.2, 0.25) is 0 Å². The maximum absolute atomic E-state index is 12.4. The minimum atomic E-state index is -3.66. The van der Waals surface area contributed by atoms with Crippen molar-refractivity contribution in [3.63, 3.8) is 0 Å². The van der Waals surface area contributed by atoms with Gasteiger partial charge in [-0.25, -0.2) is 8.42 Å². The highest BCUT2D eigenvalue weighted by Crippen LogP contribution is 2.19. The van der Waals surface area contributed by atoms with E-state index < -0.39 is 14.9 Å². The molecule has 148 valence electrons. The van der Waals surface area contributed by atoms with Gasteiger partial charge in [-0.3, -0.25) is 20.3 Å². The van der Waals surface area contributed by atoms with Gasteiger partial charge in [-0.1, -0.05) is 29.8 Å². The van der Waals surface area contributed by atoms with E-state index >= 15 is 0 Å². The number of non-ortho nitro benzene ring substituents is 1. The Hall–Kier alpha value is -3.72. The molecule has 0 atom stereocenters. The van der Waals surface area contributed by atoms with Gasteiger partial charge in [-0.2, -0.15) is 5.10 Å². The second-order valence-corrected chi connectivity index (χ2v) is 7.90. The van der Waals surface area contributed by atoms with Gasteiger partial charge in [0.15, 0.2) is 0 Å². The van der Waals surface area contributed by atoms with E-state index in [0.717, 1.165) is 5.56 Å². The molecule has 8 nitrogen and oxygen atoms in total. The molecule has 3 aromatic carbocycles. The van der Waals surface area contributed by atoms with Crippen LogP contribution >= 0.6 is 0 Å². The van der Waals surface area contributed by atoms with Crippen molar-refractivity contribution in [2.45, 2.75) is 11.8 Å². The molecule has 0 heterocycles. The molecule has 0 aromatic heterocycles. The number of nitro benzene ring substituents is 1. The van der Waals surface area contributed by atoms with Gasteiger partial charge in [0.1, 0.15) is 0 Å². The number of hydrogen-bond donors (Lipinski definition) is 2. The van der Waals surface area contributed by atoms with E-state index in [9.17, 15) is 18.5 Å². The molecule has 0 aliphatic carbocycles. The Labute approximate surface area is 168 Å². The number of benzene rings is 3. The van der Waals surface area contributed by atoms with Crippen LogP contribution in [0.3, 0.4) is 0 Å². The summed E-state index contributed by atoms with van der Waals surface area (Å²) in [6.07, 6.45) is 1.46. The summed E-state index contributed by atoms with van der Waals surface area (Å²) in [6.45, 7) is 1.89. The average molecular weight is 410 g/mol. The molecule has 0 spiro atoms. The molecule has 0 radical (unpaired) electrons. The molecule has 2 N–H and O–H groups in total. The quantitative estimate of drug-likeness (QED) is 0.345. The first-order valence-electron chi connectivity index (χ1n) is 8.56. The summed E-state index contributed by atoms with van der Waals surface area (Å²) in [4.78, 5) is 10.5. The van der Waals surface area contributed by atoms with E-state index in [-0.39, 0.29) is 10.6 Å². The Bertz CT molecular complexity index is 1140. The Morgan fingerprint density at radius 3 is 2.28 bits per heavy atom. The second kappa shape index (κ2) is 8.53. The molecule has 0 saturated carbocycles. The summed E-state index contributed by atoms with van der Waals surface area (Å²) >= 11 is 0. The van der Waals surface area contributed by atoms with Gasteiger partial charge in [0.05, 0.1) is 21.7 Å². The minimum Gasteiger partial charge on any atom is -0.280 e. The first-order chi connectivity index (χ1) is 13.8. The van der Waals surface area contributed by atoms with Gasteiger partial charge in [0, 0.05) is 23.4 Å². The Balaban J connectivity index is 1.63. The number of anilines is 2. The van der Waals surface area contributed by atoms with Crippen molar-refractivity contribution in [3.8, 4) is 0 Å². The van der Waals surface area contributed by atoms with E-state index in [1.54, 1.807) is 60.7 Å². The highest BCUT2D eigenvalue weighted by molar-refractivity contribution is 7.92. The topological polar surface area (TPSA) is 114 Å². The van der Waals surface area contributed by atoms with Gasteiger partial charge in [0.2, 0.25) is 0 Å². The average Bonchev–Trinajstić information content (AvgIpc) is 2.70. The summed E-state index contributed by atoms with van der Waals surface area (Å²) in [5.41, 5.74) is 5.38. The van der Waals surface area contributed by atoms with Crippen molar-refractivity contribution in [3.05, 3.63) is 94.0 Å². The number of nitrogens with zero attached hydrogens (tertiary/aromatic N) is 2. The fraction of sp³-hybridized carbons (Fsp3) is 0.0500. The van der Waals surface area contributed by atoms with Crippen LogP contribution < -0.4 is 10.1 Å². The molecule has 0 aliphatic heterocycles. The monoisotopic (exact) mass is 410 g/mol. The van der Waals surface area contributed by atoms with Crippen LogP contribution in [0.1, 0.15) is 11.1 Å². The highest BCUT2D eigenvalue weighted by Gasteiger charge is 2.13. The Morgan fingerprint density at radius 2 is 1.62 bits per heavy atom. The van der Waals surface area contributed by atoms with Crippen molar-refractivity contribution < 1.29 is 13.3 Å². The van der Waals surface area contributed by atoms with Crippen LogP contribution in [0.4, 0.5) is 17.1 Å². The van der Waals surface area contributed by atoms with Crippen LogP contribution in [0.25, 0.3) is 0 Å². The molecule has 0 aliphatic rings. The number of rotatable bonds is 7. The lowest BCUT2D eigenvalue weighted by Crippen LogP contribution is -2.12. The van der Waals surface area contributed by atoms with E-state index in [1.165, 1.54) is 18.3 Å². The van der Waals surface area contributed by atoms with E-state index in [1.807, 2.05) is 6.92 Å². The molecule has 3 aromatic rings. The number of nitro groups is 1.